The number of likely N-dealkylation sites (tertiary alicyclic amines) is 1. The number of hydrogen-bond acceptors (Lipinski definition) is 5. The van der Waals surface area contributed by atoms with Gasteiger partial charge >= 0.3 is 12.2 Å². The molecule has 2 heterocycles. The van der Waals surface area contributed by atoms with Crippen LogP contribution in [0.2, 0.25) is 0 Å². The summed E-state index contributed by atoms with van der Waals surface area (Å²) in [7, 11) is 0. The van der Waals surface area contributed by atoms with E-state index in [1.54, 1.807) is 23.1 Å². The zero-order valence-electron chi connectivity index (χ0n) is 14.8. The Morgan fingerprint density at radius 2 is 2.00 bits per heavy atom. The highest BCUT2D eigenvalue weighted by Crippen LogP contribution is 2.29. The Morgan fingerprint density at radius 3 is 2.58 bits per heavy atom. The SMILES string of the molecule is CC(C)(C)OC(=O)N1CC(Nc2ccc(C#N)c3c2ccn3C(=O)O)C1. The average Bonchev–Trinajstić information content (AvgIpc) is 2.93. The predicted octanol–water partition coefficient (Wildman–Crippen LogP) is 3.07. The first kappa shape index (κ1) is 17.6. The lowest BCUT2D eigenvalue weighted by Gasteiger charge is -2.40. The molecule has 1 amide bonds. The molecule has 136 valence electrons. The summed E-state index contributed by atoms with van der Waals surface area (Å²) in [6, 6.07) is 7.06. The minimum Gasteiger partial charge on any atom is -0.464 e. The number of benzene rings is 1. The fraction of sp³-hybridized carbons (Fsp3) is 0.389. The predicted molar refractivity (Wildman–Crippen MR) is 95.3 cm³/mol. The number of nitrogens with one attached hydrogen (secondary N) is 1. The molecular weight excluding hydrogens is 336 g/mol. The van der Waals surface area contributed by atoms with Crippen molar-refractivity contribution in [2.45, 2.75) is 32.4 Å². The Balaban J connectivity index is 1.75. The van der Waals surface area contributed by atoms with Crippen LogP contribution < -0.4 is 5.32 Å². The van der Waals surface area contributed by atoms with E-state index in [2.05, 4.69) is 5.32 Å². The van der Waals surface area contributed by atoms with E-state index in [0.29, 0.717) is 29.6 Å². The van der Waals surface area contributed by atoms with Crippen molar-refractivity contribution >= 4 is 28.8 Å². The minimum atomic E-state index is -1.15. The molecule has 1 fully saturated rings. The molecule has 0 atom stereocenters. The molecule has 2 aromatic rings. The van der Waals surface area contributed by atoms with Gasteiger partial charge in [0.1, 0.15) is 11.7 Å². The van der Waals surface area contributed by atoms with E-state index in [1.807, 2.05) is 26.8 Å². The van der Waals surface area contributed by atoms with Crippen LogP contribution in [0.1, 0.15) is 26.3 Å². The number of fused-ring (bicyclic) bond motifs is 1. The van der Waals surface area contributed by atoms with E-state index in [9.17, 15) is 20.0 Å². The van der Waals surface area contributed by atoms with Gasteiger partial charge in [-0.25, -0.2) is 9.59 Å². The summed E-state index contributed by atoms with van der Waals surface area (Å²) in [4.78, 5) is 24.9. The summed E-state index contributed by atoms with van der Waals surface area (Å²) in [5.74, 6) is 0. The summed E-state index contributed by atoms with van der Waals surface area (Å²) in [5.41, 5.74) is 0.845. The number of aromatic nitrogens is 1. The first-order valence-corrected chi connectivity index (χ1v) is 8.21. The molecule has 1 aromatic heterocycles. The number of carbonyl (C=O) groups is 2. The van der Waals surface area contributed by atoms with Crippen LogP contribution in [0.5, 0.6) is 0 Å². The normalized spacial score (nSPS) is 14.6. The number of carboxylic acid groups (broad SMARTS) is 1. The van der Waals surface area contributed by atoms with Crippen molar-refractivity contribution in [1.82, 2.24) is 9.47 Å². The lowest BCUT2D eigenvalue weighted by Crippen LogP contribution is -2.57. The van der Waals surface area contributed by atoms with Gasteiger partial charge in [0, 0.05) is 30.4 Å². The molecule has 26 heavy (non-hydrogen) atoms. The molecule has 1 saturated heterocycles. The van der Waals surface area contributed by atoms with Crippen LogP contribution >= 0.6 is 0 Å². The number of anilines is 1. The van der Waals surface area contributed by atoms with Crippen LogP contribution in [0.3, 0.4) is 0 Å². The standard InChI is InChI=1S/C18H20N4O4/c1-18(2,3)26-17(25)21-9-12(10-21)20-14-5-4-11(8-19)15-13(14)6-7-22(15)16(23)24/h4-7,12,20H,9-10H2,1-3H3,(H,23,24). The Morgan fingerprint density at radius 1 is 1.31 bits per heavy atom. The van der Waals surface area contributed by atoms with Crippen LogP contribution in [-0.4, -0.2) is 51.5 Å². The summed E-state index contributed by atoms with van der Waals surface area (Å²) >= 11 is 0. The molecule has 0 unspecified atom stereocenters. The Labute approximate surface area is 150 Å². The first-order chi connectivity index (χ1) is 12.2. The summed E-state index contributed by atoms with van der Waals surface area (Å²) in [6.07, 6.45) is -0.0711. The Kier molecular flexibility index (Phi) is 4.24. The van der Waals surface area contributed by atoms with Crippen molar-refractivity contribution in [2.24, 2.45) is 0 Å². The van der Waals surface area contributed by atoms with Gasteiger partial charge in [-0.15, -0.1) is 0 Å². The van der Waals surface area contributed by atoms with Gasteiger partial charge in [-0.2, -0.15) is 5.26 Å². The molecule has 0 bridgehead atoms. The maximum Gasteiger partial charge on any atom is 0.416 e. The highest BCUT2D eigenvalue weighted by atomic mass is 16.6. The molecule has 0 aliphatic carbocycles. The lowest BCUT2D eigenvalue weighted by atomic mass is 10.1. The summed E-state index contributed by atoms with van der Waals surface area (Å²) < 4.78 is 6.36. The second kappa shape index (κ2) is 6.26. The second-order valence-corrected chi connectivity index (χ2v) is 7.23. The molecule has 1 aromatic carbocycles. The second-order valence-electron chi connectivity index (χ2n) is 7.23. The molecule has 0 radical (unpaired) electrons. The van der Waals surface area contributed by atoms with Crippen molar-refractivity contribution in [3.63, 3.8) is 0 Å². The number of ether oxygens (including phenoxy) is 1. The average molecular weight is 356 g/mol. The van der Waals surface area contributed by atoms with E-state index in [-0.39, 0.29) is 12.1 Å². The lowest BCUT2D eigenvalue weighted by molar-refractivity contribution is 0.0105. The van der Waals surface area contributed by atoms with Gasteiger partial charge in [0.25, 0.3) is 0 Å². The van der Waals surface area contributed by atoms with E-state index >= 15 is 0 Å². The first-order valence-electron chi connectivity index (χ1n) is 8.21. The molecule has 0 saturated carbocycles. The molecule has 8 heteroatoms. The van der Waals surface area contributed by atoms with Crippen molar-refractivity contribution in [2.75, 3.05) is 18.4 Å². The van der Waals surface area contributed by atoms with Gasteiger partial charge in [0.05, 0.1) is 17.1 Å². The number of hydrogen-bond donors (Lipinski definition) is 2. The highest BCUT2D eigenvalue weighted by Gasteiger charge is 2.34. The van der Waals surface area contributed by atoms with Gasteiger partial charge in [0.2, 0.25) is 0 Å². The number of carbonyl (C=O) groups excluding carboxylic acids is 1. The zero-order chi connectivity index (χ0) is 19.1. The van der Waals surface area contributed by atoms with Crippen LogP contribution in [0, 0.1) is 11.3 Å². The quantitative estimate of drug-likeness (QED) is 0.856. The number of nitriles is 1. The van der Waals surface area contributed by atoms with Gasteiger partial charge in [0.15, 0.2) is 0 Å². The fourth-order valence-corrected chi connectivity index (χ4v) is 2.90. The monoisotopic (exact) mass is 356 g/mol. The van der Waals surface area contributed by atoms with Crippen molar-refractivity contribution < 1.29 is 19.4 Å². The summed E-state index contributed by atoms with van der Waals surface area (Å²) in [6.45, 7) is 6.45. The highest BCUT2D eigenvalue weighted by molar-refractivity contribution is 6.00. The zero-order valence-corrected chi connectivity index (χ0v) is 14.8. The maximum atomic E-state index is 12.0. The number of rotatable bonds is 2. The molecule has 3 rings (SSSR count). The molecule has 1 aliphatic heterocycles. The molecular formula is C18H20N4O4. The Bertz CT molecular complexity index is 914. The summed E-state index contributed by atoms with van der Waals surface area (Å²) in [5, 5.41) is 22.5. The molecule has 0 spiro atoms. The smallest absolute Gasteiger partial charge is 0.416 e. The fourth-order valence-electron chi connectivity index (χ4n) is 2.90. The van der Waals surface area contributed by atoms with E-state index in [1.165, 1.54) is 6.20 Å². The third-order valence-electron chi connectivity index (χ3n) is 4.07. The van der Waals surface area contributed by atoms with Gasteiger partial charge in [-0.3, -0.25) is 4.57 Å². The third kappa shape index (κ3) is 3.28. The van der Waals surface area contributed by atoms with E-state index < -0.39 is 11.7 Å². The van der Waals surface area contributed by atoms with Crippen molar-refractivity contribution in [3.05, 3.63) is 30.0 Å². The largest absolute Gasteiger partial charge is 0.464 e. The van der Waals surface area contributed by atoms with Crippen LogP contribution in [-0.2, 0) is 4.74 Å². The third-order valence-corrected chi connectivity index (χ3v) is 4.07. The Hall–Kier alpha value is -3.21. The molecule has 2 N–H and O–H groups in total. The van der Waals surface area contributed by atoms with Crippen LogP contribution in [0.4, 0.5) is 15.3 Å². The van der Waals surface area contributed by atoms with Crippen LogP contribution in [0.25, 0.3) is 10.9 Å². The topological polar surface area (TPSA) is 108 Å². The molecule has 1 aliphatic rings. The van der Waals surface area contributed by atoms with E-state index in [4.69, 9.17) is 4.74 Å². The van der Waals surface area contributed by atoms with Gasteiger partial charge in [-0.1, -0.05) is 0 Å². The van der Waals surface area contributed by atoms with Crippen molar-refractivity contribution in [1.29, 1.82) is 5.26 Å². The number of nitrogens with zero attached hydrogens (tertiary/aromatic N) is 3. The van der Waals surface area contributed by atoms with Crippen molar-refractivity contribution in [3.8, 4) is 6.07 Å². The van der Waals surface area contributed by atoms with Gasteiger partial charge in [-0.05, 0) is 39.0 Å². The number of amides is 1. The molecule has 8 nitrogen and oxygen atoms in total. The van der Waals surface area contributed by atoms with Crippen LogP contribution in [0.15, 0.2) is 24.4 Å². The maximum absolute atomic E-state index is 12.0. The minimum absolute atomic E-state index is 0.0341. The van der Waals surface area contributed by atoms with E-state index in [0.717, 1.165) is 10.3 Å². The van der Waals surface area contributed by atoms with Gasteiger partial charge < -0.3 is 20.1 Å².